The van der Waals surface area contributed by atoms with Gasteiger partial charge in [0.05, 0.1) is 19.5 Å². The van der Waals surface area contributed by atoms with Crippen LogP contribution in [0.15, 0.2) is 24.3 Å². The molecule has 0 saturated carbocycles. The Kier molecular flexibility index (Phi) is 6.18. The van der Waals surface area contributed by atoms with Crippen LogP contribution in [0.4, 0.5) is 5.69 Å². The summed E-state index contributed by atoms with van der Waals surface area (Å²) in [6, 6.07) is 6.98. The second-order valence-electron chi connectivity index (χ2n) is 4.04. The summed E-state index contributed by atoms with van der Waals surface area (Å²) in [4.78, 5) is 34.0. The van der Waals surface area contributed by atoms with Crippen LogP contribution in [-0.2, 0) is 20.8 Å². The molecule has 0 unspecified atom stereocenters. The molecule has 0 radical (unpaired) electrons. The molecular formula is C13H18N4O3. The Morgan fingerprint density at radius 3 is 2.45 bits per heavy atom. The quantitative estimate of drug-likeness (QED) is 0.534. The molecule has 1 aromatic carbocycles. The number of rotatable bonds is 6. The molecule has 1 aromatic rings. The molecule has 0 aliphatic heterocycles. The monoisotopic (exact) mass is 278 g/mol. The number of nitrogens with one attached hydrogen (secondary N) is 3. The average molecular weight is 278 g/mol. The lowest BCUT2D eigenvalue weighted by Crippen LogP contribution is -2.36. The Bertz CT molecular complexity index is 502. The normalized spacial score (nSPS) is 9.70. The third-order valence-electron chi connectivity index (χ3n) is 2.55. The van der Waals surface area contributed by atoms with Gasteiger partial charge >= 0.3 is 0 Å². The maximum Gasteiger partial charge on any atom is 0.243 e. The summed E-state index contributed by atoms with van der Waals surface area (Å²) < 4.78 is 0. The third-order valence-corrected chi connectivity index (χ3v) is 2.55. The summed E-state index contributed by atoms with van der Waals surface area (Å²) >= 11 is 0. The van der Waals surface area contributed by atoms with Gasteiger partial charge in [0.25, 0.3) is 0 Å². The number of amides is 3. The SMILES string of the molecule is CNC(=O)Cc1ccccc1NC(=O)CNC(=O)CN. The number of carbonyl (C=O) groups excluding carboxylic acids is 3. The van der Waals surface area contributed by atoms with Crippen LogP contribution in [0.25, 0.3) is 0 Å². The van der Waals surface area contributed by atoms with E-state index in [-0.39, 0.29) is 31.3 Å². The predicted molar refractivity (Wildman–Crippen MR) is 74.9 cm³/mol. The van der Waals surface area contributed by atoms with Crippen molar-refractivity contribution in [1.82, 2.24) is 10.6 Å². The molecule has 3 amide bonds. The van der Waals surface area contributed by atoms with Gasteiger partial charge in [-0.3, -0.25) is 14.4 Å². The van der Waals surface area contributed by atoms with Crippen molar-refractivity contribution in [3.63, 3.8) is 0 Å². The standard InChI is InChI=1S/C13H18N4O3/c1-15-11(18)6-9-4-2-3-5-10(9)17-13(20)8-16-12(19)7-14/h2-5H,6-8,14H2,1H3,(H,15,18)(H,16,19)(H,17,20). The summed E-state index contributed by atoms with van der Waals surface area (Å²) in [7, 11) is 1.55. The summed E-state index contributed by atoms with van der Waals surface area (Å²) in [6.07, 6.45) is 0.169. The molecule has 0 atom stereocenters. The fourth-order valence-corrected chi connectivity index (χ4v) is 1.50. The van der Waals surface area contributed by atoms with E-state index in [0.717, 1.165) is 0 Å². The first-order chi connectivity index (χ1) is 9.56. The minimum absolute atomic E-state index is 0.150. The van der Waals surface area contributed by atoms with Gasteiger partial charge in [-0.05, 0) is 11.6 Å². The molecular weight excluding hydrogens is 260 g/mol. The molecule has 0 spiro atoms. The number of para-hydroxylation sites is 1. The Hall–Kier alpha value is -2.41. The van der Waals surface area contributed by atoms with Crippen molar-refractivity contribution in [2.24, 2.45) is 5.73 Å². The van der Waals surface area contributed by atoms with Crippen LogP contribution in [0.3, 0.4) is 0 Å². The zero-order valence-electron chi connectivity index (χ0n) is 11.2. The van der Waals surface area contributed by atoms with Gasteiger partial charge in [0.1, 0.15) is 0 Å². The van der Waals surface area contributed by atoms with Crippen LogP contribution in [0, 0.1) is 0 Å². The van der Waals surface area contributed by atoms with Gasteiger partial charge in [0, 0.05) is 12.7 Å². The largest absolute Gasteiger partial charge is 0.359 e. The van der Waals surface area contributed by atoms with Gasteiger partial charge in [-0.25, -0.2) is 0 Å². The van der Waals surface area contributed by atoms with Crippen LogP contribution >= 0.6 is 0 Å². The second kappa shape index (κ2) is 7.90. The molecule has 0 heterocycles. The number of carbonyl (C=O) groups is 3. The summed E-state index contributed by atoms with van der Waals surface area (Å²) in [5.74, 6) is -0.932. The van der Waals surface area contributed by atoms with E-state index in [0.29, 0.717) is 11.3 Å². The predicted octanol–water partition coefficient (Wildman–Crippen LogP) is -1.01. The lowest BCUT2D eigenvalue weighted by atomic mass is 10.1. The molecule has 0 saturated heterocycles. The molecule has 1 rings (SSSR count). The molecule has 0 aliphatic carbocycles. The summed E-state index contributed by atoms with van der Waals surface area (Å²) in [6.45, 7) is -0.328. The molecule has 7 nitrogen and oxygen atoms in total. The highest BCUT2D eigenvalue weighted by Crippen LogP contribution is 2.15. The van der Waals surface area contributed by atoms with Crippen LogP contribution in [0.5, 0.6) is 0 Å². The van der Waals surface area contributed by atoms with Crippen LogP contribution < -0.4 is 21.7 Å². The number of hydrogen-bond donors (Lipinski definition) is 4. The van der Waals surface area contributed by atoms with Crippen molar-refractivity contribution >= 4 is 23.4 Å². The van der Waals surface area contributed by atoms with E-state index in [9.17, 15) is 14.4 Å². The topological polar surface area (TPSA) is 113 Å². The highest BCUT2D eigenvalue weighted by atomic mass is 16.2. The van der Waals surface area contributed by atoms with Crippen LogP contribution in [-0.4, -0.2) is 37.9 Å². The van der Waals surface area contributed by atoms with Crippen molar-refractivity contribution in [2.75, 3.05) is 25.5 Å². The van der Waals surface area contributed by atoms with Crippen LogP contribution in [0.2, 0.25) is 0 Å². The molecule has 7 heteroatoms. The first kappa shape index (κ1) is 15.6. The third kappa shape index (κ3) is 5.07. The Morgan fingerprint density at radius 1 is 1.10 bits per heavy atom. The van der Waals surface area contributed by atoms with E-state index in [1.54, 1.807) is 31.3 Å². The number of nitrogens with two attached hydrogens (primary N) is 1. The molecule has 20 heavy (non-hydrogen) atoms. The highest BCUT2D eigenvalue weighted by molar-refractivity contribution is 5.96. The van der Waals surface area contributed by atoms with E-state index >= 15 is 0 Å². The maximum atomic E-state index is 11.7. The van der Waals surface area contributed by atoms with Crippen molar-refractivity contribution in [3.8, 4) is 0 Å². The summed E-state index contributed by atoms with van der Waals surface area (Å²) in [5, 5.41) is 7.53. The highest BCUT2D eigenvalue weighted by Gasteiger charge is 2.09. The molecule has 108 valence electrons. The fourth-order valence-electron chi connectivity index (χ4n) is 1.50. The van der Waals surface area contributed by atoms with Crippen molar-refractivity contribution < 1.29 is 14.4 Å². The Labute approximate surface area is 116 Å². The van der Waals surface area contributed by atoms with E-state index < -0.39 is 5.91 Å². The molecule has 5 N–H and O–H groups in total. The van der Waals surface area contributed by atoms with E-state index in [4.69, 9.17) is 5.73 Å². The van der Waals surface area contributed by atoms with Gasteiger partial charge in [-0.15, -0.1) is 0 Å². The minimum atomic E-state index is -0.404. The molecule has 0 aliphatic rings. The Balaban J connectivity index is 2.64. The molecule has 0 aromatic heterocycles. The smallest absolute Gasteiger partial charge is 0.243 e. The minimum Gasteiger partial charge on any atom is -0.359 e. The van der Waals surface area contributed by atoms with Gasteiger partial charge in [0.2, 0.25) is 17.7 Å². The Morgan fingerprint density at radius 2 is 1.80 bits per heavy atom. The number of hydrogen-bond acceptors (Lipinski definition) is 4. The van der Waals surface area contributed by atoms with Crippen molar-refractivity contribution in [3.05, 3.63) is 29.8 Å². The number of benzene rings is 1. The second-order valence-corrected chi connectivity index (χ2v) is 4.04. The van der Waals surface area contributed by atoms with E-state index in [1.807, 2.05) is 0 Å². The lowest BCUT2D eigenvalue weighted by molar-refractivity contribution is -0.123. The van der Waals surface area contributed by atoms with E-state index in [2.05, 4.69) is 16.0 Å². The van der Waals surface area contributed by atoms with Crippen molar-refractivity contribution in [2.45, 2.75) is 6.42 Å². The van der Waals surface area contributed by atoms with Crippen LogP contribution in [0.1, 0.15) is 5.56 Å². The lowest BCUT2D eigenvalue weighted by Gasteiger charge is -2.11. The average Bonchev–Trinajstić information content (AvgIpc) is 2.46. The summed E-state index contributed by atoms with van der Waals surface area (Å²) in [5.41, 5.74) is 6.36. The number of likely N-dealkylation sites (N-methyl/N-ethyl adjacent to an activating group) is 1. The van der Waals surface area contributed by atoms with Gasteiger partial charge in [-0.1, -0.05) is 18.2 Å². The van der Waals surface area contributed by atoms with Crippen molar-refractivity contribution in [1.29, 1.82) is 0 Å². The fraction of sp³-hybridized carbons (Fsp3) is 0.308. The van der Waals surface area contributed by atoms with Gasteiger partial charge in [0.15, 0.2) is 0 Å². The first-order valence-electron chi connectivity index (χ1n) is 6.12. The van der Waals surface area contributed by atoms with Gasteiger partial charge in [-0.2, -0.15) is 0 Å². The zero-order valence-corrected chi connectivity index (χ0v) is 11.2. The van der Waals surface area contributed by atoms with Gasteiger partial charge < -0.3 is 21.7 Å². The number of anilines is 1. The molecule has 0 fully saturated rings. The first-order valence-corrected chi connectivity index (χ1v) is 6.12. The molecule has 0 bridgehead atoms. The zero-order chi connectivity index (χ0) is 15.0. The van der Waals surface area contributed by atoms with E-state index in [1.165, 1.54) is 0 Å². The maximum absolute atomic E-state index is 11.7.